The molecule has 0 bridgehead atoms. The molecular weight excluding hydrogens is 754 g/mol. The summed E-state index contributed by atoms with van der Waals surface area (Å²) in [6.45, 7) is 15.2. The first-order valence-electron chi connectivity index (χ1n) is 20.0. The second-order valence-electron chi connectivity index (χ2n) is 16.7. The van der Waals surface area contributed by atoms with E-state index in [1.165, 1.54) is 6.33 Å². The number of benzene rings is 3. The van der Waals surface area contributed by atoms with Gasteiger partial charge >= 0.3 is 6.03 Å². The Morgan fingerprint density at radius 3 is 2.37 bits per heavy atom. The molecule has 15 nitrogen and oxygen atoms in total. The molecule has 0 saturated carbocycles. The van der Waals surface area contributed by atoms with Gasteiger partial charge in [0.2, 0.25) is 11.8 Å². The number of halogens is 1. The fourth-order valence-electron chi connectivity index (χ4n) is 8.33. The highest BCUT2D eigenvalue weighted by molar-refractivity contribution is 6.12. The standard InChI is InChI=1S/C43H46FN11O4/c1-24-30(25(2)47-40(57)39-50-41(59-51-39)43(3,4)5)12-13-32(36(24)44)37-35-31-11-10-28(20-33(31)48-38(35)46-23-45-37)52-16-18-53(19-17-52)29-21-54(22-29)26-6-8-27(9-7-26)55-15-14-34(56)49-42(55)58/h6-13,20,23,25,29H,14-19,21-22H2,1-5H3,(H,47,57)(H,45,46,48)(H,49,56,58)/t25-/m1/s1. The lowest BCUT2D eigenvalue weighted by molar-refractivity contribution is -0.120. The minimum absolute atomic E-state index is 0.0699. The number of carbonyl (C=O) groups is 3. The Morgan fingerprint density at radius 2 is 1.66 bits per heavy atom. The van der Waals surface area contributed by atoms with Gasteiger partial charge in [-0.15, -0.1) is 0 Å². The van der Waals surface area contributed by atoms with Crippen LogP contribution >= 0.6 is 0 Å². The highest BCUT2D eigenvalue weighted by Crippen LogP contribution is 2.37. The number of imide groups is 1. The van der Waals surface area contributed by atoms with Crippen LogP contribution in [-0.4, -0.2) is 99.7 Å². The largest absolute Gasteiger partial charge is 0.369 e. The number of nitrogens with one attached hydrogen (secondary N) is 3. The van der Waals surface area contributed by atoms with Crippen LogP contribution in [0.3, 0.4) is 0 Å². The average molecular weight is 800 g/mol. The molecule has 9 rings (SSSR count). The second-order valence-corrected chi connectivity index (χ2v) is 16.7. The first kappa shape index (κ1) is 38.1. The summed E-state index contributed by atoms with van der Waals surface area (Å²) in [6, 6.07) is 17.4. The summed E-state index contributed by atoms with van der Waals surface area (Å²) >= 11 is 0. The van der Waals surface area contributed by atoms with Crippen molar-refractivity contribution in [1.82, 2.24) is 40.6 Å². The van der Waals surface area contributed by atoms with Gasteiger partial charge in [-0.3, -0.25) is 24.7 Å². The topological polar surface area (TPSA) is 169 Å². The van der Waals surface area contributed by atoms with Gasteiger partial charge in [0.15, 0.2) is 0 Å². The van der Waals surface area contributed by atoms with Gasteiger partial charge in [0.05, 0.1) is 17.1 Å². The van der Waals surface area contributed by atoms with Crippen LogP contribution < -0.4 is 25.3 Å². The lowest BCUT2D eigenvalue weighted by Gasteiger charge is -2.49. The van der Waals surface area contributed by atoms with Crippen LogP contribution in [0.15, 0.2) is 65.4 Å². The second kappa shape index (κ2) is 14.8. The van der Waals surface area contributed by atoms with Crippen LogP contribution in [0, 0.1) is 12.7 Å². The van der Waals surface area contributed by atoms with Gasteiger partial charge in [0, 0.05) is 97.2 Å². The molecule has 0 radical (unpaired) electrons. The van der Waals surface area contributed by atoms with Crippen molar-refractivity contribution in [3.63, 3.8) is 0 Å². The zero-order valence-electron chi connectivity index (χ0n) is 33.7. The quantitative estimate of drug-likeness (QED) is 0.169. The number of aromatic nitrogens is 5. The van der Waals surface area contributed by atoms with Crippen LogP contribution in [0.1, 0.15) is 67.8 Å². The third-order valence-electron chi connectivity index (χ3n) is 11.8. The van der Waals surface area contributed by atoms with E-state index < -0.39 is 23.2 Å². The molecule has 6 aromatic rings. The molecule has 304 valence electrons. The first-order chi connectivity index (χ1) is 28.3. The number of hydrogen-bond acceptors (Lipinski definition) is 11. The van der Waals surface area contributed by atoms with E-state index in [1.807, 2.05) is 51.1 Å². The summed E-state index contributed by atoms with van der Waals surface area (Å²) < 4.78 is 21.6. The Morgan fingerprint density at radius 1 is 0.932 bits per heavy atom. The highest BCUT2D eigenvalue weighted by Gasteiger charge is 2.34. The van der Waals surface area contributed by atoms with E-state index in [4.69, 9.17) is 4.52 Å². The van der Waals surface area contributed by atoms with Gasteiger partial charge in [-0.2, -0.15) is 4.98 Å². The third kappa shape index (κ3) is 7.11. The molecule has 6 heterocycles. The molecule has 1 atom stereocenters. The zero-order valence-corrected chi connectivity index (χ0v) is 33.7. The van der Waals surface area contributed by atoms with Gasteiger partial charge in [-0.05, 0) is 67.4 Å². The van der Waals surface area contributed by atoms with E-state index >= 15 is 4.39 Å². The number of amides is 4. The summed E-state index contributed by atoms with van der Waals surface area (Å²) in [5, 5.41) is 10.7. The summed E-state index contributed by atoms with van der Waals surface area (Å²) in [5.41, 5.74) is 6.02. The normalized spacial score (nSPS) is 17.4. The number of carbonyl (C=O) groups excluding carboxylic acids is 3. The molecule has 3 aliphatic rings. The molecule has 3 aliphatic heterocycles. The number of piperazine rings is 1. The van der Waals surface area contributed by atoms with Crippen LogP contribution in [0.2, 0.25) is 0 Å². The molecule has 3 fully saturated rings. The van der Waals surface area contributed by atoms with E-state index in [1.54, 1.807) is 24.8 Å². The highest BCUT2D eigenvalue weighted by atomic mass is 19.1. The van der Waals surface area contributed by atoms with Crippen LogP contribution in [0.25, 0.3) is 33.2 Å². The third-order valence-corrected chi connectivity index (χ3v) is 11.8. The number of fused-ring (bicyclic) bond motifs is 3. The van der Waals surface area contributed by atoms with Crippen molar-refractivity contribution in [1.29, 1.82) is 0 Å². The van der Waals surface area contributed by atoms with Gasteiger partial charge in [-0.1, -0.05) is 38.1 Å². The Kier molecular flexibility index (Phi) is 9.53. The number of aromatic amines is 1. The van der Waals surface area contributed by atoms with Crippen molar-refractivity contribution in [2.24, 2.45) is 0 Å². The fraction of sp³-hybridized carbons (Fsp3) is 0.372. The van der Waals surface area contributed by atoms with E-state index in [0.717, 1.165) is 72.6 Å². The number of urea groups is 1. The maximum atomic E-state index is 16.3. The molecular formula is C43H46FN11O4. The van der Waals surface area contributed by atoms with Crippen molar-refractivity contribution in [3.05, 3.63) is 89.6 Å². The molecule has 16 heteroatoms. The van der Waals surface area contributed by atoms with Gasteiger partial charge in [0.25, 0.3) is 11.7 Å². The monoisotopic (exact) mass is 799 g/mol. The molecule has 3 saturated heterocycles. The lowest BCUT2D eigenvalue weighted by atomic mass is 9.96. The Labute approximate surface area is 340 Å². The molecule has 59 heavy (non-hydrogen) atoms. The number of anilines is 3. The van der Waals surface area contributed by atoms with Crippen molar-refractivity contribution >= 4 is 56.8 Å². The predicted octanol–water partition coefficient (Wildman–Crippen LogP) is 5.85. The number of hydrogen-bond donors (Lipinski definition) is 3. The van der Waals surface area contributed by atoms with Crippen molar-refractivity contribution in [2.45, 2.75) is 58.5 Å². The minimum atomic E-state index is -0.526. The number of rotatable bonds is 8. The van der Waals surface area contributed by atoms with E-state index in [-0.39, 0.29) is 17.8 Å². The molecule has 3 aromatic carbocycles. The summed E-state index contributed by atoms with van der Waals surface area (Å²) in [5.74, 6) is -0.871. The summed E-state index contributed by atoms with van der Waals surface area (Å²) in [7, 11) is 0. The molecule has 0 aliphatic carbocycles. The smallest absolute Gasteiger partial charge is 0.328 e. The van der Waals surface area contributed by atoms with Gasteiger partial charge in [-0.25, -0.2) is 19.2 Å². The van der Waals surface area contributed by atoms with Crippen molar-refractivity contribution in [3.8, 4) is 11.3 Å². The zero-order chi connectivity index (χ0) is 41.2. The molecule has 0 spiro atoms. The van der Waals surface area contributed by atoms with Crippen LogP contribution in [-0.2, 0) is 10.2 Å². The molecule has 4 amide bonds. The van der Waals surface area contributed by atoms with E-state index in [9.17, 15) is 14.4 Å². The van der Waals surface area contributed by atoms with Crippen molar-refractivity contribution in [2.75, 3.05) is 60.5 Å². The fourth-order valence-corrected chi connectivity index (χ4v) is 8.33. The lowest BCUT2D eigenvalue weighted by Crippen LogP contribution is -2.63. The average Bonchev–Trinajstić information content (AvgIpc) is 3.85. The maximum Gasteiger partial charge on any atom is 0.328 e. The van der Waals surface area contributed by atoms with Gasteiger partial charge in [0.1, 0.15) is 17.8 Å². The molecule has 3 N–H and O–H groups in total. The molecule has 0 unspecified atom stereocenters. The Balaban J connectivity index is 0.846. The van der Waals surface area contributed by atoms with Crippen molar-refractivity contribution < 1.29 is 23.3 Å². The number of H-pyrrole nitrogens is 1. The number of nitrogens with zero attached hydrogens (tertiary/aromatic N) is 8. The summed E-state index contributed by atoms with van der Waals surface area (Å²) in [6.07, 6.45) is 1.75. The first-order valence-corrected chi connectivity index (χ1v) is 20.0. The maximum absolute atomic E-state index is 16.3. The van der Waals surface area contributed by atoms with Crippen LogP contribution in [0.4, 0.5) is 26.2 Å². The van der Waals surface area contributed by atoms with Crippen LogP contribution in [0.5, 0.6) is 0 Å². The van der Waals surface area contributed by atoms with E-state index in [0.29, 0.717) is 52.9 Å². The Hall–Kier alpha value is -6.42. The Bertz CT molecular complexity index is 2600. The summed E-state index contributed by atoms with van der Waals surface area (Å²) in [4.78, 5) is 62.4. The SMILES string of the molecule is Cc1c([C@@H](C)NC(=O)c2noc(C(C)(C)C)n2)ccc(-c2ncnc3[nH]c4cc(N5CCN(C6CN(c7ccc(N8CCC(=O)NC8=O)cc7)C6)CC5)ccc4c23)c1F. The predicted molar refractivity (Wildman–Crippen MR) is 222 cm³/mol. The minimum Gasteiger partial charge on any atom is -0.369 e. The van der Waals surface area contributed by atoms with Gasteiger partial charge < -0.3 is 24.6 Å². The molecule has 3 aromatic heterocycles. The van der Waals surface area contributed by atoms with E-state index in [2.05, 4.69) is 68.6 Å².